The number of aliphatic hydroxyl groups excluding tert-OH is 1. The lowest BCUT2D eigenvalue weighted by Gasteiger charge is -2.47. The summed E-state index contributed by atoms with van der Waals surface area (Å²) in [7, 11) is 1.61. The first-order valence-corrected chi connectivity index (χ1v) is 10.7. The van der Waals surface area contributed by atoms with E-state index in [1.54, 1.807) is 7.11 Å². The van der Waals surface area contributed by atoms with E-state index in [-0.39, 0.29) is 26.4 Å². The summed E-state index contributed by atoms with van der Waals surface area (Å²) >= 11 is 0. The van der Waals surface area contributed by atoms with Gasteiger partial charge in [0, 0.05) is 17.0 Å². The molecule has 33 heavy (non-hydrogen) atoms. The first-order chi connectivity index (χ1) is 16.2. The Morgan fingerprint density at radius 3 is 2.61 bits per heavy atom. The Kier molecular flexibility index (Phi) is 8.14. The molecule has 2 aromatic rings. The zero-order chi connectivity index (χ0) is 23.0. The summed E-state index contributed by atoms with van der Waals surface area (Å²) in [4.78, 5) is 2.70. The van der Waals surface area contributed by atoms with E-state index < -0.39 is 37.0 Å². The normalized spacial score (nSPS) is 29.0. The van der Waals surface area contributed by atoms with Crippen LogP contribution in [0.5, 0.6) is 5.75 Å². The summed E-state index contributed by atoms with van der Waals surface area (Å²) in [5, 5.41) is 14.5. The second-order valence-electron chi connectivity index (χ2n) is 7.66. The number of azide groups is 1. The predicted molar refractivity (Wildman–Crippen MR) is 116 cm³/mol. The van der Waals surface area contributed by atoms with Gasteiger partial charge in [-0.1, -0.05) is 47.6 Å². The zero-order valence-electron chi connectivity index (χ0n) is 18.2. The maximum absolute atomic E-state index is 11.0. The molecule has 2 aliphatic heterocycles. The molecule has 2 saturated heterocycles. The molecular formula is C23H27N3O7. The SMILES string of the molecule is COc1ccc(CO[C@@H]2[C@H](O)[C@@H](OCCN=[N+]=[N-])O[C@@H]3COC(c4ccccc4)O[C@@H]23)cc1. The molecule has 2 heterocycles. The van der Waals surface area contributed by atoms with Crippen molar-refractivity contribution < 1.29 is 33.5 Å². The largest absolute Gasteiger partial charge is 0.497 e. The first kappa shape index (κ1) is 23.5. The van der Waals surface area contributed by atoms with Gasteiger partial charge in [-0.2, -0.15) is 0 Å². The molecular weight excluding hydrogens is 430 g/mol. The van der Waals surface area contributed by atoms with Crippen LogP contribution in [0.25, 0.3) is 10.4 Å². The van der Waals surface area contributed by atoms with Crippen LogP contribution < -0.4 is 4.74 Å². The second kappa shape index (κ2) is 11.4. The number of methoxy groups -OCH3 is 1. The Balaban J connectivity index is 1.48. The molecule has 2 aliphatic rings. The van der Waals surface area contributed by atoms with Gasteiger partial charge in [0.15, 0.2) is 12.6 Å². The standard InChI is InChI=1S/C23H27N3O7/c1-28-17-9-7-15(8-10-17)13-30-21-19(27)23(29-12-11-25-26-24)32-18-14-31-22(33-20(18)21)16-5-3-2-4-6-16/h2-10,18-23,27H,11-14H2,1H3/t18-,19+,20-,21-,22?,23+/m1/s1. The molecule has 0 aromatic heterocycles. The van der Waals surface area contributed by atoms with Crippen molar-refractivity contribution in [2.24, 2.45) is 5.11 Å². The number of rotatable bonds is 9. The summed E-state index contributed by atoms with van der Waals surface area (Å²) in [5.74, 6) is 0.747. The van der Waals surface area contributed by atoms with Crippen molar-refractivity contribution in [3.8, 4) is 5.75 Å². The highest BCUT2D eigenvalue weighted by atomic mass is 16.8. The van der Waals surface area contributed by atoms with Gasteiger partial charge in [0.1, 0.15) is 30.2 Å². The van der Waals surface area contributed by atoms with E-state index in [0.29, 0.717) is 0 Å². The molecule has 0 spiro atoms. The van der Waals surface area contributed by atoms with E-state index in [0.717, 1.165) is 16.9 Å². The molecule has 0 aliphatic carbocycles. The monoisotopic (exact) mass is 457 g/mol. The topological polar surface area (TPSA) is 124 Å². The number of hydrogen-bond acceptors (Lipinski definition) is 8. The number of aliphatic hydroxyl groups is 1. The summed E-state index contributed by atoms with van der Waals surface area (Å²) in [6, 6.07) is 17.1. The van der Waals surface area contributed by atoms with Crippen molar-refractivity contribution in [3.63, 3.8) is 0 Å². The maximum Gasteiger partial charge on any atom is 0.186 e. The van der Waals surface area contributed by atoms with Crippen LogP contribution in [0.15, 0.2) is 59.7 Å². The van der Waals surface area contributed by atoms with Crippen LogP contribution in [0.4, 0.5) is 0 Å². The quantitative estimate of drug-likeness (QED) is 0.265. The van der Waals surface area contributed by atoms with Gasteiger partial charge < -0.3 is 33.5 Å². The number of benzene rings is 2. The Morgan fingerprint density at radius 1 is 1.09 bits per heavy atom. The van der Waals surface area contributed by atoms with Gasteiger partial charge in [0.25, 0.3) is 0 Å². The molecule has 10 heteroatoms. The van der Waals surface area contributed by atoms with E-state index in [2.05, 4.69) is 10.0 Å². The highest BCUT2D eigenvalue weighted by Gasteiger charge is 2.50. The third kappa shape index (κ3) is 5.82. The van der Waals surface area contributed by atoms with Crippen LogP contribution in [-0.4, -0.2) is 62.7 Å². The lowest BCUT2D eigenvalue weighted by molar-refractivity contribution is -0.366. The molecule has 2 fully saturated rings. The van der Waals surface area contributed by atoms with E-state index in [1.165, 1.54) is 0 Å². The molecule has 0 bridgehead atoms. The lowest BCUT2D eigenvalue weighted by Crippen LogP contribution is -2.63. The van der Waals surface area contributed by atoms with E-state index in [1.807, 2.05) is 54.6 Å². The average molecular weight is 457 g/mol. The minimum absolute atomic E-state index is 0.0999. The number of hydrogen-bond donors (Lipinski definition) is 1. The molecule has 0 saturated carbocycles. The average Bonchev–Trinajstić information content (AvgIpc) is 2.87. The number of ether oxygens (including phenoxy) is 6. The van der Waals surface area contributed by atoms with Gasteiger partial charge in [-0.25, -0.2) is 0 Å². The van der Waals surface area contributed by atoms with Gasteiger partial charge in [0.2, 0.25) is 0 Å². The minimum Gasteiger partial charge on any atom is -0.497 e. The maximum atomic E-state index is 11.0. The summed E-state index contributed by atoms with van der Waals surface area (Å²) in [6.45, 7) is 0.719. The van der Waals surface area contributed by atoms with Crippen LogP contribution in [0, 0.1) is 0 Å². The van der Waals surface area contributed by atoms with Crippen molar-refractivity contribution in [1.29, 1.82) is 0 Å². The van der Waals surface area contributed by atoms with Crippen LogP contribution in [0.3, 0.4) is 0 Å². The van der Waals surface area contributed by atoms with Gasteiger partial charge in [-0.05, 0) is 23.2 Å². The van der Waals surface area contributed by atoms with E-state index in [9.17, 15) is 5.11 Å². The smallest absolute Gasteiger partial charge is 0.186 e. The van der Waals surface area contributed by atoms with Gasteiger partial charge in [-0.3, -0.25) is 0 Å². The molecule has 10 nitrogen and oxygen atoms in total. The first-order valence-electron chi connectivity index (χ1n) is 10.7. The van der Waals surface area contributed by atoms with Crippen molar-refractivity contribution in [1.82, 2.24) is 0 Å². The molecule has 176 valence electrons. The van der Waals surface area contributed by atoms with E-state index in [4.69, 9.17) is 34.0 Å². The van der Waals surface area contributed by atoms with Gasteiger partial charge in [0.05, 0.1) is 26.9 Å². The third-order valence-corrected chi connectivity index (χ3v) is 5.52. The van der Waals surface area contributed by atoms with E-state index >= 15 is 0 Å². The predicted octanol–water partition coefficient (Wildman–Crippen LogP) is 3.11. The summed E-state index contributed by atoms with van der Waals surface area (Å²) in [6.07, 6.45) is -4.50. The van der Waals surface area contributed by atoms with Crippen LogP contribution >= 0.6 is 0 Å². The highest BCUT2D eigenvalue weighted by molar-refractivity contribution is 5.26. The van der Waals surface area contributed by atoms with Crippen LogP contribution in [-0.2, 0) is 30.3 Å². The zero-order valence-corrected chi connectivity index (χ0v) is 18.2. The molecule has 2 aromatic carbocycles. The lowest BCUT2D eigenvalue weighted by atomic mass is 9.97. The third-order valence-electron chi connectivity index (χ3n) is 5.52. The van der Waals surface area contributed by atoms with Crippen LogP contribution in [0.2, 0.25) is 0 Å². The van der Waals surface area contributed by atoms with Gasteiger partial charge in [-0.15, -0.1) is 0 Å². The Bertz CT molecular complexity index is 923. The fraction of sp³-hybridized carbons (Fsp3) is 0.478. The molecule has 0 radical (unpaired) electrons. The molecule has 0 amide bonds. The fourth-order valence-corrected chi connectivity index (χ4v) is 3.84. The number of fused-ring (bicyclic) bond motifs is 1. The Labute approximate surface area is 191 Å². The van der Waals surface area contributed by atoms with Crippen LogP contribution in [0.1, 0.15) is 17.4 Å². The highest BCUT2D eigenvalue weighted by Crippen LogP contribution is 2.36. The molecule has 6 atom stereocenters. The summed E-state index contributed by atoms with van der Waals surface area (Å²) in [5.41, 5.74) is 10.2. The van der Waals surface area contributed by atoms with Crippen molar-refractivity contribution in [2.45, 2.75) is 43.6 Å². The number of nitrogens with zero attached hydrogens (tertiary/aromatic N) is 3. The molecule has 1 N–H and O–H groups in total. The van der Waals surface area contributed by atoms with Gasteiger partial charge >= 0.3 is 0 Å². The summed E-state index contributed by atoms with van der Waals surface area (Å²) < 4.78 is 35.0. The minimum atomic E-state index is -1.12. The fourth-order valence-electron chi connectivity index (χ4n) is 3.84. The second-order valence-corrected chi connectivity index (χ2v) is 7.66. The van der Waals surface area contributed by atoms with Crippen molar-refractivity contribution in [2.75, 3.05) is 26.9 Å². The molecule has 1 unspecified atom stereocenters. The Morgan fingerprint density at radius 2 is 1.88 bits per heavy atom. The van der Waals surface area contributed by atoms with Crippen molar-refractivity contribution in [3.05, 3.63) is 76.2 Å². The Hall–Kier alpha value is -2.69. The van der Waals surface area contributed by atoms with Crippen molar-refractivity contribution >= 4 is 0 Å². The molecule has 4 rings (SSSR count).